The Morgan fingerprint density at radius 3 is 2.57 bits per heavy atom. The van der Waals surface area contributed by atoms with Gasteiger partial charge in [0.15, 0.2) is 0 Å². The maximum absolute atomic E-state index is 14.4. The lowest BCUT2D eigenvalue weighted by Gasteiger charge is -2.39. The minimum atomic E-state index is -1.20. The van der Waals surface area contributed by atoms with Gasteiger partial charge in [0.2, 0.25) is 11.8 Å². The minimum absolute atomic E-state index is 0.0142. The van der Waals surface area contributed by atoms with Crippen LogP contribution in [0.4, 0.5) is 4.48 Å². The van der Waals surface area contributed by atoms with Gasteiger partial charge in [-0.25, -0.2) is 9.99 Å². The molecule has 2 N–H and O–H groups in total. The number of hydrogen-bond acceptors (Lipinski definition) is 11. The molecule has 1 fully saturated rings. The van der Waals surface area contributed by atoms with Crippen LogP contribution in [0.5, 0.6) is 0 Å². The third-order valence-electron chi connectivity index (χ3n) is 11.9. The maximum Gasteiger partial charge on any atom is 0.305 e. The molecule has 3 aromatic heterocycles. The highest BCUT2D eigenvalue weighted by molar-refractivity contribution is 7.10. The number of amides is 3. The molecule has 14 nitrogen and oxygen atoms in total. The second-order valence-corrected chi connectivity index (χ2v) is 18.2. The molecule has 330 valence electrons. The molecule has 2 aliphatic heterocycles. The number of methoxy groups -OCH3 is 2. The van der Waals surface area contributed by atoms with E-state index in [0.29, 0.717) is 49.6 Å². The normalized spacial score (nSPS) is 19.1. The molecule has 0 aliphatic carbocycles. The highest BCUT2D eigenvalue weighted by Crippen LogP contribution is 2.42. The predicted molar refractivity (Wildman–Crippen MR) is 232 cm³/mol. The molecule has 4 aromatic rings. The van der Waals surface area contributed by atoms with Crippen molar-refractivity contribution in [3.05, 3.63) is 58.2 Å². The highest BCUT2D eigenvalue weighted by Gasteiger charge is 2.37. The van der Waals surface area contributed by atoms with Crippen LogP contribution >= 0.6 is 11.3 Å². The topological polar surface area (TPSA) is 157 Å². The van der Waals surface area contributed by atoms with Crippen molar-refractivity contribution in [1.82, 2.24) is 35.4 Å². The van der Waals surface area contributed by atoms with Crippen LogP contribution in [-0.2, 0) is 52.8 Å². The second-order valence-electron chi connectivity index (χ2n) is 17.3. The molecule has 6 rings (SSSR count). The first-order chi connectivity index (χ1) is 29.2. The number of pyridine rings is 1. The van der Waals surface area contributed by atoms with E-state index in [2.05, 4.69) is 48.9 Å². The van der Waals surface area contributed by atoms with E-state index in [-0.39, 0.29) is 62.4 Å². The smallest absolute Gasteiger partial charge is 0.305 e. The average molecular weight is 862 g/mol. The number of halogens is 1. The predicted octanol–water partition coefficient (Wildman–Crippen LogP) is 6.61. The van der Waals surface area contributed by atoms with Crippen molar-refractivity contribution < 1.29 is 37.9 Å². The van der Waals surface area contributed by atoms with Crippen LogP contribution in [0.2, 0.25) is 0 Å². The first kappa shape index (κ1) is 45.7. The Kier molecular flexibility index (Phi) is 15.0. The van der Waals surface area contributed by atoms with Crippen LogP contribution in [0, 0.1) is 17.3 Å². The van der Waals surface area contributed by atoms with E-state index in [1.54, 1.807) is 25.3 Å². The van der Waals surface area contributed by atoms with Gasteiger partial charge < -0.3 is 29.0 Å². The number of carbonyl (C=O) groups is 4. The summed E-state index contributed by atoms with van der Waals surface area (Å²) in [6, 6.07) is 9.05. The number of ether oxygens (including phenoxy) is 3. The molecular weight excluding hydrogens is 802 g/mol. The van der Waals surface area contributed by atoms with E-state index in [0.717, 1.165) is 44.0 Å². The van der Waals surface area contributed by atoms with E-state index in [4.69, 9.17) is 24.2 Å². The Bertz CT molecular complexity index is 2200. The lowest BCUT2D eigenvalue weighted by Crippen LogP contribution is -2.56. The molecule has 1 saturated heterocycles. The molecule has 0 radical (unpaired) electrons. The monoisotopic (exact) mass is 861 g/mol. The van der Waals surface area contributed by atoms with Gasteiger partial charge >= 0.3 is 5.97 Å². The number of nitrogens with one attached hydrogen (secondary N) is 2. The van der Waals surface area contributed by atoms with Crippen molar-refractivity contribution in [2.24, 2.45) is 17.3 Å². The molecule has 1 unspecified atom stereocenters. The molecule has 61 heavy (non-hydrogen) atoms. The van der Waals surface area contributed by atoms with Crippen molar-refractivity contribution in [2.75, 3.05) is 40.5 Å². The van der Waals surface area contributed by atoms with Crippen molar-refractivity contribution >= 4 is 45.9 Å². The number of cyclic esters (lactones) is 1. The summed E-state index contributed by atoms with van der Waals surface area (Å²) in [6.45, 7) is 13.7. The molecule has 16 heteroatoms. The van der Waals surface area contributed by atoms with Crippen molar-refractivity contribution in [2.45, 2.75) is 105 Å². The fourth-order valence-corrected chi connectivity index (χ4v) is 9.03. The lowest BCUT2D eigenvalue weighted by atomic mass is 9.84. The van der Waals surface area contributed by atoms with E-state index < -0.39 is 29.2 Å². The summed E-state index contributed by atoms with van der Waals surface area (Å²) in [5, 5.41) is 7.20. The number of hydrogen-bond donors (Lipinski definition) is 2. The number of nitrogens with zero attached hydrogens (tertiary/aromatic N) is 5. The van der Waals surface area contributed by atoms with Gasteiger partial charge in [0.1, 0.15) is 6.04 Å². The zero-order chi connectivity index (χ0) is 44.0. The molecule has 0 spiro atoms. The van der Waals surface area contributed by atoms with Crippen molar-refractivity contribution in [3.8, 4) is 22.5 Å². The Morgan fingerprint density at radius 1 is 1.11 bits per heavy atom. The van der Waals surface area contributed by atoms with Gasteiger partial charge in [-0.2, -0.15) is 0 Å². The van der Waals surface area contributed by atoms with E-state index in [1.807, 2.05) is 38.3 Å². The number of aromatic nitrogens is 3. The summed E-state index contributed by atoms with van der Waals surface area (Å²) in [4.78, 5) is 65.7. The van der Waals surface area contributed by atoms with Crippen molar-refractivity contribution in [1.29, 1.82) is 0 Å². The Morgan fingerprint density at radius 2 is 1.89 bits per heavy atom. The van der Waals surface area contributed by atoms with E-state index >= 15 is 0 Å². The number of esters is 1. The third-order valence-corrected chi connectivity index (χ3v) is 12.8. The fourth-order valence-electron chi connectivity index (χ4n) is 8.18. The Labute approximate surface area is 361 Å². The molecule has 3 amide bonds. The second kappa shape index (κ2) is 20.0. The van der Waals surface area contributed by atoms with Gasteiger partial charge in [0.05, 0.1) is 40.9 Å². The fraction of sp³-hybridized carbons (Fsp3) is 0.556. The summed E-state index contributed by atoms with van der Waals surface area (Å²) >= 11 is 1.35. The number of fused-ring (bicyclic) bond motifs is 4. The highest BCUT2D eigenvalue weighted by atomic mass is 32.1. The molecule has 4 bridgehead atoms. The summed E-state index contributed by atoms with van der Waals surface area (Å²) in [7, 11) is 3.27. The largest absolute Gasteiger partial charge is 0.465 e. The average Bonchev–Trinajstić information content (AvgIpc) is 3.82. The number of rotatable bonds is 11. The van der Waals surface area contributed by atoms with Gasteiger partial charge in [-0.05, 0) is 68.9 Å². The van der Waals surface area contributed by atoms with Crippen LogP contribution in [0.15, 0.2) is 41.9 Å². The molecule has 5 heterocycles. The number of likely N-dealkylation sites (tertiary alicyclic amines) is 1. The summed E-state index contributed by atoms with van der Waals surface area (Å²) in [5.41, 5.74) is 7.48. The number of hydrazine groups is 1. The van der Waals surface area contributed by atoms with E-state index in [1.165, 1.54) is 17.0 Å². The number of carbonyl (C=O) groups excluding carboxylic acids is 4. The summed E-state index contributed by atoms with van der Waals surface area (Å²) < 4.78 is 33.7. The number of benzene rings is 1. The standard InChI is InChI=1S/C45H60FN7O7S/c1-9-52-37-16-15-29-19-33(37)34(42(52)31-13-12-17-47-41(31)28(4)58-7)22-45(5,6)26-60-40(55)14-10-11-18-53(50-46)44(57)35(21-38-48-36(29)25-61-38)49-43(56)32(27(2)3)20-39(54)51-23-30(24-51)59-8/h12-13,15-17,19,25,27-28,30,32,35,50H,9-11,14,18,20-24,26H2,1-8H3,(H,49,56)/t28-,32?,35-/m0/s1. The van der Waals surface area contributed by atoms with E-state index in [9.17, 15) is 23.7 Å². The zero-order valence-electron chi connectivity index (χ0n) is 36.6. The SMILES string of the molecule is CCn1c(-c2cccnc2[C@H](C)OC)c2c3cc(ccc31)-c1csc(n1)C[C@H](NC(=O)C(CC(=O)N1CC(OC)C1)C(C)C)C(=O)N(NF)CCCCC(=O)OCC(C)(C)C2. The minimum Gasteiger partial charge on any atom is -0.465 e. The number of aryl methyl sites for hydroxylation is 1. The Balaban J connectivity index is 1.40. The zero-order valence-corrected chi connectivity index (χ0v) is 37.4. The van der Waals surface area contributed by atoms with Crippen molar-refractivity contribution in [3.63, 3.8) is 0 Å². The summed E-state index contributed by atoms with van der Waals surface area (Å²) in [6.07, 6.45) is 2.72. The molecule has 3 atom stereocenters. The maximum atomic E-state index is 14.4. The lowest BCUT2D eigenvalue weighted by molar-refractivity contribution is -0.148. The first-order valence-corrected chi connectivity index (χ1v) is 22.1. The van der Waals surface area contributed by atoms with Gasteiger partial charge in [0.25, 0.3) is 5.91 Å². The number of thiazole rings is 1. The van der Waals surface area contributed by atoms with Crippen LogP contribution in [0.3, 0.4) is 0 Å². The molecule has 1 aromatic carbocycles. The quantitative estimate of drug-likeness (QED) is 0.124. The van der Waals surface area contributed by atoms with Crippen LogP contribution in [0.1, 0.15) is 89.6 Å². The van der Waals surface area contributed by atoms with Gasteiger partial charge in [-0.1, -0.05) is 39.4 Å². The molecule has 0 saturated carbocycles. The first-order valence-electron chi connectivity index (χ1n) is 21.2. The Hall–Kier alpha value is -4.77. The molecular formula is C45H60FN7O7S. The molecule has 2 aliphatic rings. The van der Waals surface area contributed by atoms with Crippen LogP contribution in [-0.4, -0.2) is 101 Å². The summed E-state index contributed by atoms with van der Waals surface area (Å²) in [5.74, 6) is -2.71. The van der Waals surface area contributed by atoms with Gasteiger partial charge in [0, 0.05) is 105 Å². The van der Waals surface area contributed by atoms with Crippen LogP contribution < -0.4 is 11.0 Å². The third kappa shape index (κ3) is 10.5. The van der Waals surface area contributed by atoms with Crippen LogP contribution in [0.25, 0.3) is 33.4 Å². The van der Waals surface area contributed by atoms with Gasteiger partial charge in [-0.3, -0.25) is 24.2 Å². The van der Waals surface area contributed by atoms with Gasteiger partial charge in [-0.15, -0.1) is 15.8 Å².